The van der Waals surface area contributed by atoms with E-state index in [0.29, 0.717) is 48.8 Å². The van der Waals surface area contributed by atoms with Crippen LogP contribution in [0.25, 0.3) is 0 Å². The lowest BCUT2D eigenvalue weighted by Crippen LogP contribution is -2.43. The number of para-hydroxylation sites is 1. The number of ether oxygens (including phenoxy) is 1. The van der Waals surface area contributed by atoms with Gasteiger partial charge in [0, 0.05) is 30.6 Å². The molecule has 1 fully saturated rings. The summed E-state index contributed by atoms with van der Waals surface area (Å²) in [7, 11) is 1.56. The van der Waals surface area contributed by atoms with Crippen molar-refractivity contribution in [2.45, 2.75) is 19.4 Å². The van der Waals surface area contributed by atoms with Gasteiger partial charge in [-0.3, -0.25) is 9.59 Å². The van der Waals surface area contributed by atoms with Crippen LogP contribution in [0.4, 0.5) is 0 Å². The minimum absolute atomic E-state index is 0.0133. The van der Waals surface area contributed by atoms with E-state index >= 15 is 0 Å². The van der Waals surface area contributed by atoms with Crippen LogP contribution >= 0.6 is 11.6 Å². The van der Waals surface area contributed by atoms with Crippen molar-refractivity contribution >= 4 is 23.4 Å². The van der Waals surface area contributed by atoms with E-state index in [1.165, 1.54) is 0 Å². The molecule has 0 radical (unpaired) electrons. The van der Waals surface area contributed by atoms with Crippen molar-refractivity contribution in [2.75, 3.05) is 20.2 Å². The number of rotatable bonds is 5. The number of hydrogen-bond acceptors (Lipinski definition) is 3. The number of amides is 2. The average molecular weight is 387 g/mol. The predicted molar refractivity (Wildman–Crippen MR) is 105 cm³/mol. The maximum Gasteiger partial charge on any atom is 0.257 e. The molecule has 0 aromatic heterocycles. The third-order valence-corrected chi connectivity index (χ3v) is 5.27. The second-order valence-corrected chi connectivity index (χ2v) is 6.98. The SMILES string of the molecule is COc1ccccc1C(=O)N1CCC(C(=O)NCc2ccccc2Cl)CC1. The molecule has 1 heterocycles. The zero-order chi connectivity index (χ0) is 19.2. The molecule has 0 spiro atoms. The van der Waals surface area contributed by atoms with Crippen LogP contribution in [0, 0.1) is 5.92 Å². The molecule has 1 aliphatic heterocycles. The molecule has 0 aliphatic carbocycles. The Balaban J connectivity index is 1.53. The van der Waals surface area contributed by atoms with Crippen LogP contribution in [0.15, 0.2) is 48.5 Å². The molecule has 27 heavy (non-hydrogen) atoms. The molecular formula is C21H23ClN2O3. The van der Waals surface area contributed by atoms with Gasteiger partial charge in [0.2, 0.25) is 5.91 Å². The molecule has 1 aliphatic rings. The summed E-state index contributed by atoms with van der Waals surface area (Å²) in [5.74, 6) is 0.443. The van der Waals surface area contributed by atoms with Crippen LogP contribution in [-0.4, -0.2) is 36.9 Å². The smallest absolute Gasteiger partial charge is 0.257 e. The number of piperidine rings is 1. The number of halogens is 1. The van der Waals surface area contributed by atoms with Gasteiger partial charge in [0.25, 0.3) is 5.91 Å². The van der Waals surface area contributed by atoms with Gasteiger partial charge in [-0.25, -0.2) is 0 Å². The first-order valence-electron chi connectivity index (χ1n) is 9.03. The van der Waals surface area contributed by atoms with Crippen LogP contribution in [0.2, 0.25) is 5.02 Å². The summed E-state index contributed by atoms with van der Waals surface area (Å²) in [6, 6.07) is 14.7. The summed E-state index contributed by atoms with van der Waals surface area (Å²) in [6.07, 6.45) is 1.30. The van der Waals surface area contributed by atoms with E-state index in [1.54, 1.807) is 24.1 Å². The van der Waals surface area contributed by atoms with Gasteiger partial charge in [-0.05, 0) is 36.6 Å². The van der Waals surface area contributed by atoms with Crippen molar-refractivity contribution < 1.29 is 14.3 Å². The van der Waals surface area contributed by atoms with Gasteiger partial charge in [-0.2, -0.15) is 0 Å². The Bertz CT molecular complexity index is 817. The standard InChI is InChI=1S/C21H23ClN2O3/c1-27-19-9-5-3-7-17(19)21(26)24-12-10-15(11-13-24)20(25)23-14-16-6-2-4-8-18(16)22/h2-9,15H,10-14H2,1H3,(H,23,25). The van der Waals surface area contributed by atoms with E-state index in [4.69, 9.17) is 16.3 Å². The summed E-state index contributed by atoms with van der Waals surface area (Å²) < 4.78 is 5.28. The van der Waals surface area contributed by atoms with Gasteiger partial charge in [0.15, 0.2) is 0 Å². The fourth-order valence-corrected chi connectivity index (χ4v) is 3.51. The van der Waals surface area contributed by atoms with E-state index in [2.05, 4.69) is 5.32 Å². The van der Waals surface area contributed by atoms with E-state index in [9.17, 15) is 9.59 Å². The number of methoxy groups -OCH3 is 1. The lowest BCUT2D eigenvalue weighted by Gasteiger charge is -2.31. The molecule has 0 atom stereocenters. The van der Waals surface area contributed by atoms with Crippen LogP contribution in [0.3, 0.4) is 0 Å². The minimum Gasteiger partial charge on any atom is -0.496 e. The summed E-state index contributed by atoms with van der Waals surface area (Å²) in [5.41, 5.74) is 1.46. The molecule has 6 heteroatoms. The van der Waals surface area contributed by atoms with Crippen molar-refractivity contribution in [2.24, 2.45) is 5.92 Å². The molecule has 0 unspecified atom stereocenters. The van der Waals surface area contributed by atoms with Crippen LogP contribution in [-0.2, 0) is 11.3 Å². The first-order valence-corrected chi connectivity index (χ1v) is 9.41. The maximum atomic E-state index is 12.7. The van der Waals surface area contributed by atoms with E-state index < -0.39 is 0 Å². The Hall–Kier alpha value is -2.53. The highest BCUT2D eigenvalue weighted by Crippen LogP contribution is 2.24. The number of carbonyl (C=O) groups excluding carboxylic acids is 2. The van der Waals surface area contributed by atoms with Gasteiger partial charge in [-0.15, -0.1) is 0 Å². The number of hydrogen-bond donors (Lipinski definition) is 1. The first-order chi connectivity index (χ1) is 13.1. The van der Waals surface area contributed by atoms with Gasteiger partial charge in [0.05, 0.1) is 12.7 Å². The Morgan fingerprint density at radius 2 is 1.78 bits per heavy atom. The highest BCUT2D eigenvalue weighted by molar-refractivity contribution is 6.31. The predicted octanol–water partition coefficient (Wildman–Crippen LogP) is 3.52. The maximum absolute atomic E-state index is 12.7. The molecule has 142 valence electrons. The largest absolute Gasteiger partial charge is 0.496 e. The van der Waals surface area contributed by atoms with Gasteiger partial charge in [0.1, 0.15) is 5.75 Å². The topological polar surface area (TPSA) is 58.6 Å². The quantitative estimate of drug-likeness (QED) is 0.855. The van der Waals surface area contributed by atoms with Crippen molar-refractivity contribution in [1.82, 2.24) is 10.2 Å². The Morgan fingerprint density at radius 3 is 2.48 bits per heavy atom. The van der Waals surface area contributed by atoms with Gasteiger partial charge in [-0.1, -0.05) is 41.9 Å². The second-order valence-electron chi connectivity index (χ2n) is 6.58. The molecule has 2 aromatic carbocycles. The molecular weight excluding hydrogens is 364 g/mol. The van der Waals surface area contributed by atoms with E-state index in [1.807, 2.05) is 36.4 Å². The van der Waals surface area contributed by atoms with E-state index in [0.717, 1.165) is 5.56 Å². The summed E-state index contributed by atoms with van der Waals surface area (Å²) in [4.78, 5) is 27.0. The molecule has 1 N–H and O–H groups in total. The summed E-state index contributed by atoms with van der Waals surface area (Å²) in [5, 5.41) is 3.60. The summed E-state index contributed by atoms with van der Waals surface area (Å²) in [6.45, 7) is 1.53. The first kappa shape index (κ1) is 19.2. The monoisotopic (exact) mass is 386 g/mol. The number of nitrogens with zero attached hydrogens (tertiary/aromatic N) is 1. The third-order valence-electron chi connectivity index (χ3n) is 4.90. The van der Waals surface area contributed by atoms with Crippen LogP contribution < -0.4 is 10.1 Å². The van der Waals surface area contributed by atoms with Crippen LogP contribution in [0.5, 0.6) is 5.75 Å². The number of carbonyl (C=O) groups is 2. The van der Waals surface area contributed by atoms with Crippen molar-refractivity contribution in [3.63, 3.8) is 0 Å². The molecule has 0 saturated carbocycles. The van der Waals surface area contributed by atoms with Gasteiger partial charge >= 0.3 is 0 Å². The van der Waals surface area contributed by atoms with Crippen LogP contribution in [0.1, 0.15) is 28.8 Å². The molecule has 0 bridgehead atoms. The fourth-order valence-electron chi connectivity index (χ4n) is 3.30. The van der Waals surface area contributed by atoms with Gasteiger partial charge < -0.3 is 15.0 Å². The zero-order valence-corrected chi connectivity index (χ0v) is 16.0. The molecule has 5 nitrogen and oxygen atoms in total. The Kier molecular flexibility index (Phi) is 6.35. The highest BCUT2D eigenvalue weighted by atomic mass is 35.5. The molecule has 1 saturated heterocycles. The molecule has 3 rings (SSSR count). The Morgan fingerprint density at radius 1 is 1.11 bits per heavy atom. The lowest BCUT2D eigenvalue weighted by atomic mass is 9.95. The number of benzene rings is 2. The lowest BCUT2D eigenvalue weighted by molar-refractivity contribution is -0.126. The summed E-state index contributed by atoms with van der Waals surface area (Å²) >= 11 is 6.12. The van der Waals surface area contributed by atoms with Crippen molar-refractivity contribution in [1.29, 1.82) is 0 Å². The van der Waals surface area contributed by atoms with E-state index in [-0.39, 0.29) is 17.7 Å². The third kappa shape index (κ3) is 4.61. The van der Waals surface area contributed by atoms with Crippen molar-refractivity contribution in [3.05, 3.63) is 64.7 Å². The Labute approximate surface area is 164 Å². The zero-order valence-electron chi connectivity index (χ0n) is 15.3. The molecule has 2 aromatic rings. The second kappa shape index (κ2) is 8.91. The minimum atomic E-state index is -0.0887. The number of likely N-dealkylation sites (tertiary alicyclic amines) is 1. The highest BCUT2D eigenvalue weighted by Gasteiger charge is 2.28. The normalized spacial score (nSPS) is 14.7. The number of nitrogens with one attached hydrogen (secondary N) is 1. The van der Waals surface area contributed by atoms with Crippen molar-refractivity contribution in [3.8, 4) is 5.75 Å². The average Bonchev–Trinajstić information content (AvgIpc) is 2.72. The molecule has 2 amide bonds. The fraction of sp³-hybridized carbons (Fsp3) is 0.333.